The fraction of sp³-hybridized carbons (Fsp3) is 0.211. The average Bonchev–Trinajstić information content (AvgIpc) is 2.62. The summed E-state index contributed by atoms with van der Waals surface area (Å²) in [4.78, 5) is 12.0. The third-order valence-corrected chi connectivity index (χ3v) is 3.87. The van der Waals surface area contributed by atoms with E-state index in [1.54, 1.807) is 37.5 Å². The first-order valence-corrected chi connectivity index (χ1v) is 8.08. The molecule has 1 heterocycles. The van der Waals surface area contributed by atoms with Gasteiger partial charge >= 0.3 is 5.97 Å². The predicted octanol–water partition coefficient (Wildman–Crippen LogP) is 4.05. The maximum Gasteiger partial charge on any atom is 0.336 e. The van der Waals surface area contributed by atoms with E-state index >= 15 is 0 Å². The number of rotatable bonds is 4. The van der Waals surface area contributed by atoms with E-state index in [2.05, 4.69) is 0 Å². The van der Waals surface area contributed by atoms with Crippen LogP contribution in [0.25, 0.3) is 6.08 Å². The summed E-state index contributed by atoms with van der Waals surface area (Å²) in [5, 5.41) is 0.383. The van der Waals surface area contributed by atoms with Crippen LogP contribution >= 0.6 is 11.6 Å². The minimum Gasteiger partial charge on any atom is -0.493 e. The van der Waals surface area contributed by atoms with Gasteiger partial charge in [-0.2, -0.15) is 0 Å². The Morgan fingerprint density at radius 1 is 1.16 bits per heavy atom. The maximum absolute atomic E-state index is 12.0. The average molecular weight is 361 g/mol. The monoisotopic (exact) mass is 360 g/mol. The molecule has 0 aliphatic carbocycles. The molecule has 5 nitrogen and oxygen atoms in total. The van der Waals surface area contributed by atoms with Crippen LogP contribution in [-0.2, 0) is 4.79 Å². The number of hydrogen-bond donors (Lipinski definition) is 0. The van der Waals surface area contributed by atoms with Crippen LogP contribution in [0.4, 0.5) is 0 Å². The Kier molecular flexibility index (Phi) is 5.14. The standard InChI is InChI=1S/C19H17ClO5/c1-12-3-5-14(20)15(9-12)25-18(21)6-4-13-10-16(22-2)19-17(11-13)23-7-8-24-19/h3-6,9-11H,7-8H2,1-2H3/b6-4+. The SMILES string of the molecule is COc1cc(/C=C/C(=O)Oc2cc(C)ccc2Cl)cc2c1OCCO2. The Morgan fingerprint density at radius 3 is 2.76 bits per heavy atom. The Labute approximate surface area is 150 Å². The molecule has 3 rings (SSSR count). The Hall–Kier alpha value is -2.66. The van der Waals surface area contributed by atoms with Crippen molar-refractivity contribution in [3.05, 3.63) is 52.6 Å². The normalized spacial score (nSPS) is 12.9. The van der Waals surface area contributed by atoms with Crippen molar-refractivity contribution in [2.45, 2.75) is 6.92 Å². The lowest BCUT2D eigenvalue weighted by atomic mass is 10.1. The Bertz CT molecular complexity index is 812. The van der Waals surface area contributed by atoms with Gasteiger partial charge in [-0.05, 0) is 48.4 Å². The molecule has 0 radical (unpaired) electrons. The summed E-state index contributed by atoms with van der Waals surface area (Å²) in [6.07, 6.45) is 2.94. The lowest BCUT2D eigenvalue weighted by molar-refractivity contribution is -0.128. The molecule has 130 valence electrons. The largest absolute Gasteiger partial charge is 0.493 e. The van der Waals surface area contributed by atoms with E-state index in [0.717, 1.165) is 11.1 Å². The van der Waals surface area contributed by atoms with E-state index in [9.17, 15) is 4.79 Å². The molecule has 0 saturated carbocycles. The molecule has 0 fully saturated rings. The molecule has 1 aliphatic heterocycles. The second kappa shape index (κ2) is 7.49. The fourth-order valence-electron chi connectivity index (χ4n) is 2.39. The number of halogens is 1. The first-order chi connectivity index (χ1) is 12.1. The van der Waals surface area contributed by atoms with Crippen molar-refractivity contribution in [3.8, 4) is 23.0 Å². The minimum absolute atomic E-state index is 0.330. The van der Waals surface area contributed by atoms with Crippen molar-refractivity contribution in [3.63, 3.8) is 0 Å². The zero-order chi connectivity index (χ0) is 17.8. The van der Waals surface area contributed by atoms with Gasteiger partial charge in [0.2, 0.25) is 5.75 Å². The van der Waals surface area contributed by atoms with Crippen molar-refractivity contribution in [2.24, 2.45) is 0 Å². The molecule has 0 amide bonds. The molecule has 2 aromatic carbocycles. The fourth-order valence-corrected chi connectivity index (χ4v) is 2.54. The molecule has 0 spiro atoms. The topological polar surface area (TPSA) is 54.0 Å². The molecular weight excluding hydrogens is 344 g/mol. The minimum atomic E-state index is -0.527. The van der Waals surface area contributed by atoms with Crippen molar-refractivity contribution < 1.29 is 23.7 Å². The number of fused-ring (bicyclic) bond motifs is 1. The molecule has 0 N–H and O–H groups in total. The summed E-state index contributed by atoms with van der Waals surface area (Å²) >= 11 is 6.03. The van der Waals surface area contributed by atoms with Crippen molar-refractivity contribution in [2.75, 3.05) is 20.3 Å². The second-order valence-electron chi connectivity index (χ2n) is 5.44. The third kappa shape index (κ3) is 4.06. The van der Waals surface area contributed by atoms with Gasteiger partial charge in [-0.25, -0.2) is 4.79 Å². The van der Waals surface area contributed by atoms with Gasteiger partial charge in [-0.15, -0.1) is 0 Å². The summed E-state index contributed by atoms with van der Waals surface area (Å²) < 4.78 is 21.7. The van der Waals surface area contributed by atoms with Gasteiger partial charge in [0.15, 0.2) is 11.5 Å². The van der Waals surface area contributed by atoms with E-state index < -0.39 is 5.97 Å². The van der Waals surface area contributed by atoms with Crippen LogP contribution in [0.3, 0.4) is 0 Å². The van der Waals surface area contributed by atoms with Gasteiger partial charge in [-0.1, -0.05) is 17.7 Å². The predicted molar refractivity (Wildman–Crippen MR) is 94.8 cm³/mol. The van der Waals surface area contributed by atoms with Gasteiger partial charge in [0.25, 0.3) is 0 Å². The number of esters is 1. The van der Waals surface area contributed by atoms with Crippen LogP contribution in [0, 0.1) is 6.92 Å². The highest BCUT2D eigenvalue weighted by atomic mass is 35.5. The zero-order valence-electron chi connectivity index (χ0n) is 13.9. The quantitative estimate of drug-likeness (QED) is 0.468. The molecule has 0 aromatic heterocycles. The first kappa shape index (κ1) is 17.2. The van der Waals surface area contributed by atoms with E-state index in [1.807, 2.05) is 13.0 Å². The van der Waals surface area contributed by atoms with Gasteiger partial charge in [0, 0.05) is 6.08 Å². The van der Waals surface area contributed by atoms with Gasteiger partial charge in [0.05, 0.1) is 12.1 Å². The Morgan fingerprint density at radius 2 is 1.96 bits per heavy atom. The summed E-state index contributed by atoms with van der Waals surface area (Å²) in [7, 11) is 1.55. The first-order valence-electron chi connectivity index (χ1n) is 7.70. The summed E-state index contributed by atoms with van der Waals surface area (Å²) in [6, 6.07) is 8.78. The lowest BCUT2D eigenvalue weighted by Crippen LogP contribution is -2.16. The lowest BCUT2D eigenvalue weighted by Gasteiger charge is -2.20. The van der Waals surface area contributed by atoms with E-state index in [-0.39, 0.29) is 0 Å². The maximum atomic E-state index is 12.0. The number of methoxy groups -OCH3 is 1. The zero-order valence-corrected chi connectivity index (χ0v) is 14.6. The number of carbonyl (C=O) groups is 1. The number of ether oxygens (including phenoxy) is 4. The molecule has 0 bridgehead atoms. The summed E-state index contributed by atoms with van der Waals surface area (Å²) in [5.74, 6) is 1.50. The molecule has 6 heteroatoms. The van der Waals surface area contributed by atoms with Crippen LogP contribution < -0.4 is 18.9 Å². The number of hydrogen-bond acceptors (Lipinski definition) is 5. The highest BCUT2D eigenvalue weighted by molar-refractivity contribution is 6.32. The van der Waals surface area contributed by atoms with E-state index in [4.69, 9.17) is 30.5 Å². The van der Waals surface area contributed by atoms with Crippen molar-refractivity contribution >= 4 is 23.6 Å². The van der Waals surface area contributed by atoms with Gasteiger partial charge in [-0.3, -0.25) is 0 Å². The molecule has 25 heavy (non-hydrogen) atoms. The molecule has 1 aliphatic rings. The van der Waals surface area contributed by atoms with Crippen LogP contribution in [0.2, 0.25) is 5.02 Å². The van der Waals surface area contributed by atoms with Gasteiger partial charge in [0.1, 0.15) is 19.0 Å². The van der Waals surface area contributed by atoms with Crippen molar-refractivity contribution in [1.29, 1.82) is 0 Å². The second-order valence-corrected chi connectivity index (χ2v) is 5.84. The highest BCUT2D eigenvalue weighted by Gasteiger charge is 2.17. The number of aryl methyl sites for hydroxylation is 1. The Balaban J connectivity index is 1.77. The molecule has 0 saturated heterocycles. The van der Waals surface area contributed by atoms with Crippen LogP contribution in [0.1, 0.15) is 11.1 Å². The number of carbonyl (C=O) groups excluding carboxylic acids is 1. The smallest absolute Gasteiger partial charge is 0.336 e. The summed E-state index contributed by atoms with van der Waals surface area (Å²) in [6.45, 7) is 2.84. The van der Waals surface area contributed by atoms with Gasteiger partial charge < -0.3 is 18.9 Å². The molecular formula is C19H17ClO5. The third-order valence-electron chi connectivity index (χ3n) is 3.56. The van der Waals surface area contributed by atoms with Crippen molar-refractivity contribution in [1.82, 2.24) is 0 Å². The molecule has 0 unspecified atom stereocenters. The van der Waals surface area contributed by atoms with E-state index in [1.165, 1.54) is 6.08 Å². The summed E-state index contributed by atoms with van der Waals surface area (Å²) in [5.41, 5.74) is 1.68. The highest BCUT2D eigenvalue weighted by Crippen LogP contribution is 2.40. The van der Waals surface area contributed by atoms with E-state index in [0.29, 0.717) is 41.2 Å². The molecule has 0 atom stereocenters. The van der Waals surface area contributed by atoms with Crippen LogP contribution in [-0.4, -0.2) is 26.3 Å². The van der Waals surface area contributed by atoms with Crippen LogP contribution in [0.15, 0.2) is 36.4 Å². The molecule has 2 aromatic rings. The number of benzene rings is 2. The van der Waals surface area contributed by atoms with Crippen LogP contribution in [0.5, 0.6) is 23.0 Å².